The van der Waals surface area contributed by atoms with Crippen LogP contribution in [0.5, 0.6) is 0 Å². The van der Waals surface area contributed by atoms with Gasteiger partial charge < -0.3 is 5.32 Å². The Morgan fingerprint density at radius 2 is 2.31 bits per heavy atom. The molecule has 0 aliphatic carbocycles. The van der Waals surface area contributed by atoms with Gasteiger partial charge in [0.15, 0.2) is 0 Å². The van der Waals surface area contributed by atoms with Gasteiger partial charge >= 0.3 is 0 Å². The van der Waals surface area contributed by atoms with Crippen LogP contribution in [0.1, 0.15) is 46.0 Å². The van der Waals surface area contributed by atoms with Crippen molar-refractivity contribution in [3.8, 4) is 0 Å². The highest BCUT2D eigenvalue weighted by molar-refractivity contribution is 4.95. The third-order valence-corrected chi connectivity index (χ3v) is 3.41. The molecule has 0 aromatic carbocycles. The Kier molecular flexibility index (Phi) is 3.98. The molecule has 1 heterocycles. The van der Waals surface area contributed by atoms with E-state index in [1.54, 1.807) is 0 Å². The highest BCUT2D eigenvalue weighted by Gasteiger charge is 2.35. The lowest BCUT2D eigenvalue weighted by atomic mass is 9.81. The number of unbranched alkanes of at least 4 members (excludes halogenated alkanes) is 1. The van der Waals surface area contributed by atoms with E-state index in [1.165, 1.54) is 32.2 Å². The number of hydrogen-bond acceptors (Lipinski definition) is 1. The van der Waals surface area contributed by atoms with Crippen LogP contribution in [0, 0.1) is 5.92 Å². The molecule has 1 fully saturated rings. The highest BCUT2D eigenvalue weighted by Crippen LogP contribution is 2.32. The van der Waals surface area contributed by atoms with Crippen LogP contribution in [-0.2, 0) is 0 Å². The van der Waals surface area contributed by atoms with Gasteiger partial charge in [0.2, 0.25) is 0 Å². The summed E-state index contributed by atoms with van der Waals surface area (Å²) in [6, 6.07) is 0. The number of hydrogen-bond donors (Lipinski definition) is 1. The van der Waals surface area contributed by atoms with Crippen molar-refractivity contribution < 1.29 is 0 Å². The molecule has 0 saturated carbocycles. The van der Waals surface area contributed by atoms with E-state index < -0.39 is 0 Å². The van der Waals surface area contributed by atoms with Crippen molar-refractivity contribution in [2.75, 3.05) is 6.54 Å². The van der Waals surface area contributed by atoms with Gasteiger partial charge in [-0.3, -0.25) is 0 Å². The first-order valence-corrected chi connectivity index (χ1v) is 5.57. The summed E-state index contributed by atoms with van der Waals surface area (Å²) >= 11 is 0. The van der Waals surface area contributed by atoms with Gasteiger partial charge in [-0.25, -0.2) is 0 Å². The van der Waals surface area contributed by atoms with E-state index in [0.717, 1.165) is 12.3 Å². The number of nitrogens with one attached hydrogen (secondary N) is 1. The molecule has 0 radical (unpaired) electrons. The van der Waals surface area contributed by atoms with E-state index in [0.29, 0.717) is 5.54 Å². The molecule has 1 atom stereocenters. The molecule has 0 aromatic rings. The largest absolute Gasteiger partial charge is 0.311 e. The Balaban J connectivity index is 2.42. The van der Waals surface area contributed by atoms with Crippen molar-refractivity contribution in [2.24, 2.45) is 5.92 Å². The monoisotopic (exact) mass is 181 g/mol. The van der Waals surface area contributed by atoms with Gasteiger partial charge in [-0.15, -0.1) is 6.58 Å². The lowest BCUT2D eigenvalue weighted by Gasteiger charge is -2.34. The quantitative estimate of drug-likeness (QED) is 0.507. The predicted octanol–water partition coefficient (Wildman–Crippen LogP) is 3.12. The van der Waals surface area contributed by atoms with Gasteiger partial charge in [0.1, 0.15) is 0 Å². The molecule has 1 N–H and O–H groups in total. The van der Waals surface area contributed by atoms with Crippen molar-refractivity contribution in [3.63, 3.8) is 0 Å². The van der Waals surface area contributed by atoms with Crippen LogP contribution in [0.25, 0.3) is 0 Å². The van der Waals surface area contributed by atoms with E-state index in [1.807, 2.05) is 6.08 Å². The Morgan fingerprint density at radius 3 is 2.77 bits per heavy atom. The Morgan fingerprint density at radius 1 is 1.54 bits per heavy atom. The maximum Gasteiger partial charge on any atom is 0.0205 e. The van der Waals surface area contributed by atoms with Gasteiger partial charge in [-0.1, -0.05) is 19.9 Å². The first kappa shape index (κ1) is 10.8. The fraction of sp³-hybridized carbons (Fsp3) is 0.833. The second kappa shape index (κ2) is 4.80. The molecular formula is C12H23N. The fourth-order valence-electron chi connectivity index (χ4n) is 2.39. The molecule has 1 rings (SSSR count). The van der Waals surface area contributed by atoms with Crippen molar-refractivity contribution >= 4 is 0 Å². The second-order valence-corrected chi connectivity index (χ2v) is 4.52. The first-order valence-electron chi connectivity index (χ1n) is 5.57. The molecule has 1 aliphatic rings. The topological polar surface area (TPSA) is 12.0 Å². The summed E-state index contributed by atoms with van der Waals surface area (Å²) in [5.41, 5.74) is 0.447. The smallest absolute Gasteiger partial charge is 0.0205 e. The third kappa shape index (κ3) is 2.57. The maximum atomic E-state index is 3.77. The van der Waals surface area contributed by atoms with Crippen LogP contribution in [-0.4, -0.2) is 12.1 Å². The van der Waals surface area contributed by atoms with E-state index in [-0.39, 0.29) is 0 Å². The van der Waals surface area contributed by atoms with Crippen LogP contribution in [0.2, 0.25) is 0 Å². The van der Waals surface area contributed by atoms with Crippen molar-refractivity contribution in [1.29, 1.82) is 0 Å². The molecule has 0 bridgehead atoms. The Hall–Kier alpha value is -0.300. The average Bonchev–Trinajstić information content (AvgIpc) is 2.55. The highest BCUT2D eigenvalue weighted by atomic mass is 15.0. The molecule has 1 aliphatic heterocycles. The maximum absolute atomic E-state index is 3.77. The molecule has 0 amide bonds. The second-order valence-electron chi connectivity index (χ2n) is 4.52. The summed E-state index contributed by atoms with van der Waals surface area (Å²) in [6.45, 7) is 9.67. The zero-order valence-electron chi connectivity index (χ0n) is 9.10. The van der Waals surface area contributed by atoms with Crippen LogP contribution in [0.15, 0.2) is 12.7 Å². The summed E-state index contributed by atoms with van der Waals surface area (Å²) < 4.78 is 0. The lowest BCUT2D eigenvalue weighted by molar-refractivity contribution is 0.247. The fourth-order valence-corrected chi connectivity index (χ4v) is 2.39. The Bertz CT molecular complexity index is 155. The molecule has 1 nitrogen and oxygen atoms in total. The number of allylic oxidation sites excluding steroid dienone is 1. The first-order chi connectivity index (χ1) is 6.21. The number of rotatable bonds is 5. The summed E-state index contributed by atoms with van der Waals surface area (Å²) in [4.78, 5) is 0. The predicted molar refractivity (Wildman–Crippen MR) is 58.9 cm³/mol. The average molecular weight is 181 g/mol. The van der Waals surface area contributed by atoms with E-state index in [9.17, 15) is 0 Å². The molecule has 1 saturated heterocycles. The minimum Gasteiger partial charge on any atom is -0.311 e. The summed E-state index contributed by atoms with van der Waals surface area (Å²) in [6.07, 6.45) is 8.51. The minimum absolute atomic E-state index is 0.447. The molecule has 0 spiro atoms. The lowest BCUT2D eigenvalue weighted by Crippen LogP contribution is -2.44. The van der Waals surface area contributed by atoms with Crippen molar-refractivity contribution in [1.82, 2.24) is 5.32 Å². The summed E-state index contributed by atoms with van der Waals surface area (Å²) in [5, 5.41) is 3.69. The van der Waals surface area contributed by atoms with Crippen LogP contribution in [0.3, 0.4) is 0 Å². The van der Waals surface area contributed by atoms with Gasteiger partial charge in [0.25, 0.3) is 0 Å². The van der Waals surface area contributed by atoms with Crippen molar-refractivity contribution in [2.45, 2.75) is 51.5 Å². The summed E-state index contributed by atoms with van der Waals surface area (Å²) in [7, 11) is 0. The SMILES string of the molecule is C=CCCCC1(C(C)C)CCCN1. The van der Waals surface area contributed by atoms with Gasteiger partial charge in [-0.05, 0) is 44.6 Å². The van der Waals surface area contributed by atoms with E-state index in [4.69, 9.17) is 0 Å². The molecule has 13 heavy (non-hydrogen) atoms. The molecule has 76 valence electrons. The minimum atomic E-state index is 0.447. The zero-order valence-corrected chi connectivity index (χ0v) is 9.10. The van der Waals surface area contributed by atoms with Gasteiger partial charge in [-0.2, -0.15) is 0 Å². The zero-order chi connectivity index (χ0) is 9.73. The van der Waals surface area contributed by atoms with Gasteiger partial charge in [0, 0.05) is 5.54 Å². The van der Waals surface area contributed by atoms with Crippen LogP contribution < -0.4 is 5.32 Å². The van der Waals surface area contributed by atoms with Gasteiger partial charge in [0.05, 0.1) is 0 Å². The van der Waals surface area contributed by atoms with Crippen molar-refractivity contribution in [3.05, 3.63) is 12.7 Å². The molecule has 1 unspecified atom stereocenters. The molecule has 1 heteroatoms. The molecule has 0 aromatic heterocycles. The Labute approximate surface area is 82.6 Å². The molecular weight excluding hydrogens is 158 g/mol. The van der Waals surface area contributed by atoms with E-state index in [2.05, 4.69) is 25.7 Å². The summed E-state index contributed by atoms with van der Waals surface area (Å²) in [5.74, 6) is 0.764. The van der Waals surface area contributed by atoms with Crippen LogP contribution >= 0.6 is 0 Å². The third-order valence-electron chi connectivity index (χ3n) is 3.41. The standard InChI is InChI=1S/C12H23N/c1-4-5-6-8-12(11(2)3)9-7-10-13-12/h4,11,13H,1,5-10H2,2-3H3. The van der Waals surface area contributed by atoms with Crippen LogP contribution in [0.4, 0.5) is 0 Å². The van der Waals surface area contributed by atoms with E-state index >= 15 is 0 Å². The normalized spacial score (nSPS) is 28.2.